The Bertz CT molecular complexity index is 670. The SMILES string of the molecule is c1cnc(N2CC[C@H]3OCCC[C@@]3(COCc3cccnc3)C2)nc1. The second kappa shape index (κ2) is 7.45. The Morgan fingerprint density at radius 3 is 3.00 bits per heavy atom. The number of piperidine rings is 1. The van der Waals surface area contributed by atoms with Gasteiger partial charge in [-0.2, -0.15) is 0 Å². The molecule has 6 heteroatoms. The van der Waals surface area contributed by atoms with Gasteiger partial charge in [0.05, 0.1) is 19.3 Å². The maximum atomic E-state index is 6.12. The highest BCUT2D eigenvalue weighted by Crippen LogP contribution is 2.41. The topological polar surface area (TPSA) is 60.4 Å². The van der Waals surface area contributed by atoms with Gasteiger partial charge in [-0.1, -0.05) is 6.07 Å². The molecule has 0 aromatic carbocycles. The third-order valence-corrected chi connectivity index (χ3v) is 5.20. The molecular formula is C19H24N4O2. The van der Waals surface area contributed by atoms with E-state index in [1.807, 2.05) is 24.4 Å². The molecule has 2 saturated heterocycles. The molecule has 0 amide bonds. The predicted octanol–water partition coefficient (Wildman–Crippen LogP) is 2.46. The zero-order valence-corrected chi connectivity index (χ0v) is 14.4. The van der Waals surface area contributed by atoms with Crippen LogP contribution < -0.4 is 4.90 Å². The van der Waals surface area contributed by atoms with Crippen molar-refractivity contribution in [3.8, 4) is 0 Å². The highest BCUT2D eigenvalue weighted by atomic mass is 16.5. The molecule has 0 spiro atoms. The van der Waals surface area contributed by atoms with Crippen molar-refractivity contribution >= 4 is 5.95 Å². The van der Waals surface area contributed by atoms with Crippen LogP contribution in [-0.2, 0) is 16.1 Å². The lowest BCUT2D eigenvalue weighted by Gasteiger charge is -2.50. The van der Waals surface area contributed by atoms with E-state index in [2.05, 4.69) is 19.9 Å². The van der Waals surface area contributed by atoms with Gasteiger partial charge in [-0.3, -0.25) is 4.98 Å². The van der Waals surface area contributed by atoms with Gasteiger partial charge < -0.3 is 14.4 Å². The van der Waals surface area contributed by atoms with E-state index in [0.29, 0.717) is 13.2 Å². The molecule has 4 heterocycles. The summed E-state index contributed by atoms with van der Waals surface area (Å²) in [5.74, 6) is 0.804. The third-order valence-electron chi connectivity index (χ3n) is 5.20. The van der Waals surface area contributed by atoms with E-state index in [-0.39, 0.29) is 11.5 Å². The van der Waals surface area contributed by atoms with Crippen LogP contribution in [0.2, 0.25) is 0 Å². The van der Waals surface area contributed by atoms with Crippen molar-refractivity contribution in [1.29, 1.82) is 0 Å². The van der Waals surface area contributed by atoms with E-state index in [1.165, 1.54) is 0 Å². The maximum Gasteiger partial charge on any atom is 0.225 e. The molecule has 2 aromatic heterocycles. The lowest BCUT2D eigenvalue weighted by molar-refractivity contribution is -0.127. The number of anilines is 1. The third kappa shape index (κ3) is 3.65. The second-order valence-electron chi connectivity index (χ2n) is 6.94. The summed E-state index contributed by atoms with van der Waals surface area (Å²) in [5, 5.41) is 0. The molecule has 0 radical (unpaired) electrons. The molecule has 2 aromatic rings. The monoisotopic (exact) mass is 340 g/mol. The first-order chi connectivity index (χ1) is 12.4. The van der Waals surface area contributed by atoms with Crippen LogP contribution in [0.4, 0.5) is 5.95 Å². The molecule has 132 valence electrons. The normalized spacial score (nSPS) is 26.2. The van der Waals surface area contributed by atoms with Gasteiger partial charge in [0, 0.05) is 49.9 Å². The molecule has 2 aliphatic rings. The van der Waals surface area contributed by atoms with Gasteiger partial charge in [0.15, 0.2) is 0 Å². The lowest BCUT2D eigenvalue weighted by Crippen LogP contribution is -2.57. The molecule has 0 saturated carbocycles. The first kappa shape index (κ1) is 16.4. The minimum Gasteiger partial charge on any atom is -0.377 e. The van der Waals surface area contributed by atoms with Crippen LogP contribution in [0.15, 0.2) is 43.0 Å². The number of fused-ring (bicyclic) bond motifs is 1. The minimum absolute atomic E-state index is 0.0118. The fourth-order valence-corrected chi connectivity index (χ4v) is 3.98. The molecule has 0 unspecified atom stereocenters. The van der Waals surface area contributed by atoms with Crippen molar-refractivity contribution in [3.05, 3.63) is 48.5 Å². The number of hydrogen-bond acceptors (Lipinski definition) is 6. The summed E-state index contributed by atoms with van der Waals surface area (Å²) in [7, 11) is 0. The van der Waals surface area contributed by atoms with Crippen molar-refractivity contribution in [3.63, 3.8) is 0 Å². The zero-order valence-electron chi connectivity index (χ0n) is 14.4. The molecule has 0 aliphatic carbocycles. The molecule has 4 rings (SSSR count). The van der Waals surface area contributed by atoms with Gasteiger partial charge in [-0.25, -0.2) is 9.97 Å². The van der Waals surface area contributed by atoms with Gasteiger partial charge in [0.25, 0.3) is 0 Å². The largest absolute Gasteiger partial charge is 0.377 e. The van der Waals surface area contributed by atoms with Crippen LogP contribution in [0, 0.1) is 5.41 Å². The number of nitrogens with zero attached hydrogens (tertiary/aromatic N) is 4. The van der Waals surface area contributed by atoms with Gasteiger partial charge >= 0.3 is 0 Å². The summed E-state index contributed by atoms with van der Waals surface area (Å²) in [6.07, 6.45) is 10.7. The fourth-order valence-electron chi connectivity index (χ4n) is 3.98. The van der Waals surface area contributed by atoms with E-state index >= 15 is 0 Å². The van der Waals surface area contributed by atoms with Gasteiger partial charge in [0.1, 0.15) is 0 Å². The van der Waals surface area contributed by atoms with Crippen LogP contribution in [0.3, 0.4) is 0 Å². The van der Waals surface area contributed by atoms with Crippen molar-refractivity contribution < 1.29 is 9.47 Å². The van der Waals surface area contributed by atoms with Crippen LogP contribution in [-0.4, -0.2) is 47.4 Å². The molecular weight excluding hydrogens is 316 g/mol. The molecule has 6 nitrogen and oxygen atoms in total. The molecule has 25 heavy (non-hydrogen) atoms. The molecule has 2 atom stereocenters. The van der Waals surface area contributed by atoms with Crippen molar-refractivity contribution in [1.82, 2.24) is 15.0 Å². The smallest absolute Gasteiger partial charge is 0.225 e. The molecule has 0 N–H and O–H groups in total. The standard InChI is InChI=1S/C19H24N4O2/c1-4-16(12-20-7-1)13-24-15-19-6-2-11-25-17(19)5-10-23(14-19)18-21-8-3-9-22-18/h1,3-4,7-9,12,17H,2,5-6,10-11,13-15H2/t17-,19+/m1/s1. The van der Waals surface area contributed by atoms with Crippen LogP contribution in [0.1, 0.15) is 24.8 Å². The quantitative estimate of drug-likeness (QED) is 0.833. The highest BCUT2D eigenvalue weighted by molar-refractivity contribution is 5.31. The van der Waals surface area contributed by atoms with E-state index in [4.69, 9.17) is 9.47 Å². The minimum atomic E-state index is 0.0118. The summed E-state index contributed by atoms with van der Waals surface area (Å²) in [5.41, 5.74) is 1.11. The average molecular weight is 340 g/mol. The van der Waals surface area contributed by atoms with Crippen molar-refractivity contribution in [2.24, 2.45) is 5.41 Å². The number of ether oxygens (including phenoxy) is 2. The van der Waals surface area contributed by atoms with Crippen molar-refractivity contribution in [2.75, 3.05) is 31.2 Å². The first-order valence-electron chi connectivity index (χ1n) is 8.96. The Morgan fingerprint density at radius 1 is 1.24 bits per heavy atom. The number of aromatic nitrogens is 3. The fraction of sp³-hybridized carbons (Fsp3) is 0.526. The molecule has 2 aliphatic heterocycles. The van der Waals surface area contributed by atoms with Gasteiger partial charge in [-0.15, -0.1) is 0 Å². The van der Waals surface area contributed by atoms with Crippen LogP contribution in [0.25, 0.3) is 0 Å². The van der Waals surface area contributed by atoms with Crippen LogP contribution in [0.5, 0.6) is 0 Å². The molecule has 2 fully saturated rings. The summed E-state index contributed by atoms with van der Waals surface area (Å²) >= 11 is 0. The van der Waals surface area contributed by atoms with E-state index in [0.717, 1.165) is 50.5 Å². The number of pyridine rings is 1. The molecule has 0 bridgehead atoms. The maximum absolute atomic E-state index is 6.12. The second-order valence-corrected chi connectivity index (χ2v) is 6.94. The predicted molar refractivity (Wildman–Crippen MR) is 94.2 cm³/mol. The van der Waals surface area contributed by atoms with Crippen molar-refractivity contribution in [2.45, 2.75) is 32.0 Å². The summed E-state index contributed by atoms with van der Waals surface area (Å²) in [4.78, 5) is 15.3. The van der Waals surface area contributed by atoms with E-state index < -0.39 is 0 Å². The number of rotatable bonds is 5. The van der Waals surface area contributed by atoms with Gasteiger partial charge in [-0.05, 0) is 37.0 Å². The Kier molecular flexibility index (Phi) is 4.90. The van der Waals surface area contributed by atoms with Crippen LogP contribution >= 0.6 is 0 Å². The first-order valence-corrected chi connectivity index (χ1v) is 8.96. The summed E-state index contributed by atoms with van der Waals surface area (Å²) in [6, 6.07) is 5.84. The average Bonchev–Trinajstić information content (AvgIpc) is 2.69. The summed E-state index contributed by atoms with van der Waals surface area (Å²) < 4.78 is 12.2. The Labute approximate surface area is 148 Å². The Morgan fingerprint density at radius 2 is 2.16 bits per heavy atom. The highest BCUT2D eigenvalue weighted by Gasteiger charge is 2.46. The summed E-state index contributed by atoms with van der Waals surface area (Å²) in [6.45, 7) is 3.95. The van der Waals surface area contributed by atoms with E-state index in [9.17, 15) is 0 Å². The van der Waals surface area contributed by atoms with Gasteiger partial charge in [0.2, 0.25) is 5.95 Å². The number of hydrogen-bond donors (Lipinski definition) is 0. The Balaban J connectivity index is 1.46. The van der Waals surface area contributed by atoms with E-state index in [1.54, 1.807) is 18.6 Å². The lowest BCUT2D eigenvalue weighted by atomic mass is 9.73. The zero-order chi connectivity index (χ0) is 17.0. The Hall–Kier alpha value is -2.05.